The van der Waals surface area contributed by atoms with Gasteiger partial charge in [0.05, 0.1) is 16.1 Å². The van der Waals surface area contributed by atoms with Crippen LogP contribution in [0.5, 0.6) is 0 Å². The summed E-state index contributed by atoms with van der Waals surface area (Å²) in [5.74, 6) is -1.18. The van der Waals surface area contributed by atoms with Crippen LogP contribution in [0.25, 0.3) is 0 Å². The Hall–Kier alpha value is -3.39. The van der Waals surface area contributed by atoms with Gasteiger partial charge in [-0.3, -0.25) is 14.4 Å². The van der Waals surface area contributed by atoms with E-state index in [1.807, 2.05) is 30.3 Å². The molecule has 0 aliphatic heterocycles. The average molecular weight is 384 g/mol. The second kappa shape index (κ2) is 8.81. The van der Waals surface area contributed by atoms with E-state index in [0.717, 1.165) is 16.9 Å². The van der Waals surface area contributed by atoms with Gasteiger partial charge in [-0.05, 0) is 29.8 Å². The summed E-state index contributed by atoms with van der Waals surface area (Å²) in [5, 5.41) is 5.63. The van der Waals surface area contributed by atoms with Crippen molar-refractivity contribution in [2.75, 3.05) is 11.9 Å². The fourth-order valence-electron chi connectivity index (χ4n) is 2.14. The maximum Gasteiger partial charge on any atom is 0.325 e. The van der Waals surface area contributed by atoms with Crippen molar-refractivity contribution < 1.29 is 23.5 Å². The highest BCUT2D eigenvalue weighted by molar-refractivity contribution is 7.18. The Labute approximate surface area is 159 Å². The van der Waals surface area contributed by atoms with Crippen molar-refractivity contribution in [1.82, 2.24) is 5.32 Å². The molecule has 0 saturated carbocycles. The van der Waals surface area contributed by atoms with Crippen molar-refractivity contribution in [2.45, 2.75) is 6.61 Å². The minimum atomic E-state index is -0.532. The molecule has 3 rings (SSSR count). The number of hydrogen-bond acceptors (Lipinski definition) is 6. The molecule has 2 aromatic heterocycles. The predicted molar refractivity (Wildman–Crippen MR) is 99.6 cm³/mol. The highest BCUT2D eigenvalue weighted by atomic mass is 32.1. The van der Waals surface area contributed by atoms with Crippen molar-refractivity contribution in [2.24, 2.45) is 0 Å². The van der Waals surface area contributed by atoms with E-state index in [1.165, 1.54) is 12.3 Å². The molecule has 7 nitrogen and oxygen atoms in total. The average Bonchev–Trinajstić information content (AvgIpc) is 3.37. The van der Waals surface area contributed by atoms with Crippen molar-refractivity contribution >= 4 is 34.1 Å². The Morgan fingerprint density at radius 2 is 1.78 bits per heavy atom. The van der Waals surface area contributed by atoms with Crippen LogP contribution in [-0.2, 0) is 16.1 Å². The monoisotopic (exact) mass is 384 g/mol. The molecule has 8 heteroatoms. The fraction of sp³-hybridized carbons (Fsp3) is 0.105. The van der Waals surface area contributed by atoms with Crippen molar-refractivity contribution in [3.63, 3.8) is 0 Å². The fourth-order valence-corrected chi connectivity index (χ4v) is 2.95. The van der Waals surface area contributed by atoms with Crippen LogP contribution in [-0.4, -0.2) is 24.3 Å². The van der Waals surface area contributed by atoms with Crippen molar-refractivity contribution in [3.8, 4) is 0 Å². The molecular formula is C19H16N2O5S. The van der Waals surface area contributed by atoms with E-state index >= 15 is 0 Å². The van der Waals surface area contributed by atoms with Gasteiger partial charge in [-0.1, -0.05) is 30.3 Å². The normalized spacial score (nSPS) is 10.2. The molecule has 0 spiro atoms. The molecule has 0 unspecified atom stereocenters. The quantitative estimate of drug-likeness (QED) is 0.610. The molecule has 0 bridgehead atoms. The number of rotatable bonds is 7. The molecule has 0 aliphatic carbocycles. The Kier molecular flexibility index (Phi) is 6.01. The highest BCUT2D eigenvalue weighted by Gasteiger charge is 2.14. The SMILES string of the molecule is O=C(CNC(=O)c1ccc(NC(=O)c2ccco2)s1)OCc1ccccc1. The zero-order valence-corrected chi connectivity index (χ0v) is 15.0. The minimum Gasteiger partial charge on any atom is -0.460 e. The zero-order valence-electron chi connectivity index (χ0n) is 14.1. The maximum absolute atomic E-state index is 12.1. The first-order chi connectivity index (χ1) is 13.1. The number of carbonyl (C=O) groups is 3. The molecule has 138 valence electrons. The number of thiophene rings is 1. The summed E-state index contributed by atoms with van der Waals surface area (Å²) in [5.41, 5.74) is 0.868. The molecule has 2 heterocycles. The first-order valence-electron chi connectivity index (χ1n) is 8.04. The van der Waals surface area contributed by atoms with Gasteiger partial charge in [0.15, 0.2) is 5.76 Å². The van der Waals surface area contributed by atoms with Crippen LogP contribution >= 0.6 is 11.3 Å². The molecule has 27 heavy (non-hydrogen) atoms. The maximum atomic E-state index is 12.1. The van der Waals surface area contributed by atoms with E-state index in [1.54, 1.807) is 18.2 Å². The Bertz CT molecular complexity index is 919. The number of amides is 2. The van der Waals surface area contributed by atoms with Crippen LogP contribution in [0.4, 0.5) is 5.00 Å². The van der Waals surface area contributed by atoms with Gasteiger partial charge in [-0.25, -0.2) is 0 Å². The third kappa shape index (κ3) is 5.29. The second-order valence-electron chi connectivity index (χ2n) is 5.42. The molecule has 0 atom stereocenters. The number of anilines is 1. The molecule has 0 radical (unpaired) electrons. The summed E-state index contributed by atoms with van der Waals surface area (Å²) in [6, 6.07) is 15.6. The minimum absolute atomic E-state index is 0.150. The number of benzene rings is 1. The van der Waals surface area contributed by atoms with Gasteiger partial charge in [0.2, 0.25) is 0 Å². The van der Waals surface area contributed by atoms with Gasteiger partial charge in [-0.15, -0.1) is 11.3 Å². The van der Waals surface area contributed by atoms with Crippen molar-refractivity contribution in [3.05, 3.63) is 77.1 Å². The number of nitrogens with one attached hydrogen (secondary N) is 2. The van der Waals surface area contributed by atoms with E-state index in [2.05, 4.69) is 10.6 Å². The van der Waals surface area contributed by atoms with Crippen LogP contribution in [0, 0.1) is 0 Å². The topological polar surface area (TPSA) is 97.6 Å². The van der Waals surface area contributed by atoms with E-state index in [9.17, 15) is 14.4 Å². The van der Waals surface area contributed by atoms with Crippen LogP contribution in [0.1, 0.15) is 25.8 Å². The molecule has 3 aromatic rings. The lowest BCUT2D eigenvalue weighted by Crippen LogP contribution is -2.30. The lowest BCUT2D eigenvalue weighted by Gasteiger charge is -2.06. The number of hydrogen-bond donors (Lipinski definition) is 2. The zero-order chi connectivity index (χ0) is 19.1. The molecule has 0 fully saturated rings. The van der Waals surface area contributed by atoms with Crippen LogP contribution in [0.3, 0.4) is 0 Å². The largest absolute Gasteiger partial charge is 0.460 e. The van der Waals surface area contributed by atoms with E-state index < -0.39 is 17.8 Å². The first kappa shape index (κ1) is 18.4. The molecule has 0 saturated heterocycles. The Morgan fingerprint density at radius 3 is 2.52 bits per heavy atom. The summed E-state index contributed by atoms with van der Waals surface area (Å²) < 4.78 is 10.1. The second-order valence-corrected chi connectivity index (χ2v) is 6.51. The van der Waals surface area contributed by atoms with Gasteiger partial charge in [0.1, 0.15) is 13.2 Å². The summed E-state index contributed by atoms with van der Waals surface area (Å²) in [7, 11) is 0. The predicted octanol–water partition coefficient (Wildman–Crippen LogP) is 3.07. The number of ether oxygens (including phenoxy) is 1. The molecule has 2 amide bonds. The molecule has 2 N–H and O–H groups in total. The lowest BCUT2D eigenvalue weighted by atomic mass is 10.2. The van der Waals surface area contributed by atoms with Crippen LogP contribution in [0.15, 0.2) is 65.3 Å². The van der Waals surface area contributed by atoms with Crippen LogP contribution in [0.2, 0.25) is 0 Å². The van der Waals surface area contributed by atoms with Crippen LogP contribution < -0.4 is 10.6 Å². The summed E-state index contributed by atoms with van der Waals surface area (Å²) in [6.45, 7) is -0.0881. The number of esters is 1. The Morgan fingerprint density at radius 1 is 0.963 bits per heavy atom. The van der Waals surface area contributed by atoms with Gasteiger partial charge < -0.3 is 19.8 Å². The lowest BCUT2D eigenvalue weighted by molar-refractivity contribution is -0.143. The smallest absolute Gasteiger partial charge is 0.325 e. The molecule has 1 aromatic carbocycles. The molecule has 0 aliphatic rings. The Balaban J connectivity index is 1.45. The molecular weight excluding hydrogens is 368 g/mol. The number of carbonyl (C=O) groups excluding carboxylic acids is 3. The summed E-state index contributed by atoms with van der Waals surface area (Å²) in [6.07, 6.45) is 1.40. The third-order valence-electron chi connectivity index (χ3n) is 3.45. The first-order valence-corrected chi connectivity index (χ1v) is 8.86. The summed E-state index contributed by atoms with van der Waals surface area (Å²) >= 11 is 1.09. The van der Waals surface area contributed by atoms with E-state index in [-0.39, 0.29) is 18.9 Å². The van der Waals surface area contributed by atoms with Gasteiger partial charge in [0, 0.05) is 0 Å². The standard InChI is InChI=1S/C19H16N2O5S/c22-17(26-12-13-5-2-1-3-6-13)11-20-19(24)15-8-9-16(27-15)21-18(23)14-7-4-10-25-14/h1-10H,11-12H2,(H,20,24)(H,21,23). The summed E-state index contributed by atoms with van der Waals surface area (Å²) in [4.78, 5) is 36.1. The van der Waals surface area contributed by atoms with Gasteiger partial charge >= 0.3 is 5.97 Å². The van der Waals surface area contributed by atoms with E-state index in [4.69, 9.17) is 9.15 Å². The van der Waals surface area contributed by atoms with E-state index in [0.29, 0.717) is 9.88 Å². The van der Waals surface area contributed by atoms with Gasteiger partial charge in [-0.2, -0.15) is 0 Å². The van der Waals surface area contributed by atoms with Gasteiger partial charge in [0.25, 0.3) is 11.8 Å². The third-order valence-corrected chi connectivity index (χ3v) is 4.45. The number of furan rings is 1. The van der Waals surface area contributed by atoms with Crippen molar-refractivity contribution in [1.29, 1.82) is 0 Å². The highest BCUT2D eigenvalue weighted by Crippen LogP contribution is 2.22.